The van der Waals surface area contributed by atoms with E-state index >= 15 is 0 Å². The van der Waals surface area contributed by atoms with Gasteiger partial charge < -0.3 is 47.5 Å². The highest BCUT2D eigenvalue weighted by atomic mass is 35.7. The van der Waals surface area contributed by atoms with Crippen LogP contribution in [0.25, 0.3) is 22.3 Å². The average Bonchev–Trinajstić information content (AvgIpc) is 1.12. The summed E-state index contributed by atoms with van der Waals surface area (Å²) in [7, 11) is 9.56. The Balaban J connectivity index is 0.000000203. The predicted molar refractivity (Wildman–Crippen MR) is 375 cm³/mol. The Labute approximate surface area is 581 Å². The summed E-state index contributed by atoms with van der Waals surface area (Å²) in [5.74, 6) is 1.44. The number of carbonyl (C=O) groups excluding carboxylic acids is 2. The first-order chi connectivity index (χ1) is 48.1. The Hall–Kier alpha value is -9.60. The summed E-state index contributed by atoms with van der Waals surface area (Å²) in [4.78, 5) is 73.5. The van der Waals surface area contributed by atoms with E-state index in [0.29, 0.717) is 29.4 Å². The van der Waals surface area contributed by atoms with Gasteiger partial charge in [0.15, 0.2) is 22.3 Å². The van der Waals surface area contributed by atoms with Crippen LogP contribution < -0.4 is 40.7 Å². The molecule has 0 saturated carbocycles. The second-order valence-corrected chi connectivity index (χ2v) is 27.8. The van der Waals surface area contributed by atoms with Gasteiger partial charge in [0.25, 0.3) is 11.1 Å². The summed E-state index contributed by atoms with van der Waals surface area (Å²) in [6.45, 7) is 2.70. The van der Waals surface area contributed by atoms with Gasteiger partial charge in [-0.05, 0) is 107 Å². The molecular weight excluding hydrogens is 1330 g/mol. The minimum Gasteiger partial charge on any atom is -0.497 e. The van der Waals surface area contributed by atoms with Crippen LogP contribution >= 0.6 is 18.1 Å². The number of anilines is 2. The molecular formula is C72H79ClN11O15P. The molecule has 2 aliphatic rings. The number of aromatic nitrogens is 8. The molecule has 0 aliphatic carbocycles. The second kappa shape index (κ2) is 30.9. The van der Waals surface area contributed by atoms with Crippen molar-refractivity contribution in [3.05, 3.63) is 224 Å². The van der Waals surface area contributed by atoms with Crippen LogP contribution in [0.4, 0.5) is 11.9 Å². The molecule has 12 rings (SSSR count). The number of amides is 2. The zero-order chi connectivity index (χ0) is 71.0. The van der Waals surface area contributed by atoms with Crippen LogP contribution in [0.15, 0.2) is 180 Å². The topological polar surface area (TPSA) is 309 Å². The third-order valence-corrected chi connectivity index (χ3v) is 20.1. The summed E-state index contributed by atoms with van der Waals surface area (Å²) in [5.41, 5.74) is 2.11. The van der Waals surface area contributed by atoms with Crippen LogP contribution in [0.1, 0.15) is 86.4 Å². The number of nitrogens with one attached hydrogen (secondary N) is 4. The van der Waals surface area contributed by atoms with E-state index in [1.807, 2.05) is 158 Å². The standard InChI is InChI=1S/C37H42ClN6O8P.C35H37N5O7/c1-23(2)34(45)41-36-40-33-32(35(46)42-36)39-22-44(33)31-20-29(30(51-31)21-50-53(38,47)43(3)4)52-37(24-10-8-7-9-11-24,25-12-16-27(48-5)17-13-25)26-14-18-28(49-6)19-15-26;1-21(2)32(42)38-34-37-31-30(33(43)39-34)36-20-40(31)29-18-27(28(19-41)46-29)47-35(22-8-6-5-7-9-22,23-10-14-25(44-3)15-11-23)24-12-16-26(45-4)17-13-24/h7-19,22-23,29-31H,20-21H2,1-6H3,(H2,40,41,42,45,46);5-17,20-21,27-29,41H,18-19H2,1-4H3,(H2,37,38,39,42,43)/t29-,30+,31+,53?;27-,28+,29+/m00/s1. The zero-order valence-electron chi connectivity index (χ0n) is 56.7. The van der Waals surface area contributed by atoms with E-state index < -0.39 is 66.1 Å². The molecule has 100 heavy (non-hydrogen) atoms. The van der Waals surface area contributed by atoms with E-state index in [4.69, 9.17) is 53.7 Å². The van der Waals surface area contributed by atoms with E-state index in [2.05, 4.69) is 40.5 Å². The van der Waals surface area contributed by atoms with Crippen LogP contribution in [0, 0.1) is 11.8 Å². The first-order valence-corrected chi connectivity index (χ1v) is 34.8. The van der Waals surface area contributed by atoms with Crippen molar-refractivity contribution in [2.75, 3.05) is 66.4 Å². The van der Waals surface area contributed by atoms with Crippen LogP contribution in [0.3, 0.4) is 0 Å². The van der Waals surface area contributed by atoms with Crippen molar-refractivity contribution in [1.29, 1.82) is 0 Å². The van der Waals surface area contributed by atoms with Crippen molar-refractivity contribution in [2.45, 2.75) is 88.6 Å². The molecule has 2 aliphatic heterocycles. The predicted octanol–water partition coefficient (Wildman–Crippen LogP) is 10.7. The van der Waals surface area contributed by atoms with Crippen molar-refractivity contribution >= 4 is 64.2 Å². The monoisotopic (exact) mass is 1400 g/mol. The number of methoxy groups -OCH3 is 4. The van der Waals surface area contributed by atoms with E-state index in [1.54, 1.807) is 79.4 Å². The number of carbonyl (C=O) groups is 2. The fourth-order valence-electron chi connectivity index (χ4n) is 12.0. The number of H-pyrrole nitrogens is 2. The van der Waals surface area contributed by atoms with Gasteiger partial charge in [-0.25, -0.2) is 14.6 Å². The van der Waals surface area contributed by atoms with Gasteiger partial charge in [0, 0.05) is 24.7 Å². The minimum absolute atomic E-state index is 0.00885. The lowest BCUT2D eigenvalue weighted by atomic mass is 9.79. The maximum atomic E-state index is 13.2. The number of fused-ring (bicyclic) bond motifs is 2. The molecule has 0 bridgehead atoms. The van der Waals surface area contributed by atoms with Gasteiger partial charge in [-0.2, -0.15) is 9.97 Å². The van der Waals surface area contributed by atoms with Crippen molar-refractivity contribution in [3.63, 3.8) is 0 Å². The number of hydrogen-bond acceptors (Lipinski definition) is 19. The Kier molecular flexibility index (Phi) is 22.1. The number of benzene rings is 6. The number of aliphatic hydroxyl groups is 1. The number of nitrogens with zero attached hydrogens (tertiary/aromatic N) is 7. The van der Waals surface area contributed by atoms with Crippen molar-refractivity contribution in [3.8, 4) is 23.0 Å². The zero-order valence-corrected chi connectivity index (χ0v) is 58.4. The van der Waals surface area contributed by atoms with Gasteiger partial charge >= 0.3 is 6.87 Å². The fraction of sp³-hybridized carbons (Fsp3) is 0.333. The number of hydrogen-bond donors (Lipinski definition) is 5. The van der Waals surface area contributed by atoms with Gasteiger partial charge in [-0.3, -0.25) is 53.5 Å². The Morgan fingerprint density at radius 3 is 1.22 bits per heavy atom. The molecule has 28 heteroatoms. The molecule has 2 fully saturated rings. The van der Waals surface area contributed by atoms with E-state index in [1.165, 1.54) is 17.3 Å². The highest BCUT2D eigenvalue weighted by molar-refractivity contribution is 7.83. The largest absolute Gasteiger partial charge is 0.497 e. The average molecular weight is 1400 g/mol. The summed E-state index contributed by atoms with van der Waals surface area (Å²) in [6.07, 6.45) is -0.963. The third kappa shape index (κ3) is 15.0. The highest BCUT2D eigenvalue weighted by Gasteiger charge is 2.49. The summed E-state index contributed by atoms with van der Waals surface area (Å²) in [6, 6.07) is 50.3. The molecule has 6 aromatic carbocycles. The minimum atomic E-state index is -3.72. The van der Waals surface area contributed by atoms with Gasteiger partial charge in [0.05, 0.1) is 66.5 Å². The quantitative estimate of drug-likeness (QED) is 0.0262. The molecule has 2 saturated heterocycles. The van der Waals surface area contributed by atoms with Crippen LogP contribution in [-0.2, 0) is 48.8 Å². The maximum Gasteiger partial charge on any atom is 0.362 e. The molecule has 6 heterocycles. The smallest absolute Gasteiger partial charge is 0.362 e. The molecule has 5 N–H and O–H groups in total. The number of aliphatic hydroxyl groups excluding tert-OH is 1. The van der Waals surface area contributed by atoms with Crippen LogP contribution in [0.2, 0.25) is 0 Å². The Morgan fingerprint density at radius 1 is 0.570 bits per heavy atom. The number of imidazole rings is 2. The summed E-state index contributed by atoms with van der Waals surface area (Å²) >= 11 is 6.33. The molecule has 7 atom stereocenters. The Morgan fingerprint density at radius 2 is 0.900 bits per heavy atom. The van der Waals surface area contributed by atoms with E-state index in [-0.39, 0.29) is 77.5 Å². The molecule has 2 amide bonds. The highest BCUT2D eigenvalue weighted by Crippen LogP contribution is 2.55. The number of halogens is 1. The molecule has 524 valence electrons. The lowest BCUT2D eigenvalue weighted by Gasteiger charge is -2.39. The summed E-state index contributed by atoms with van der Waals surface area (Å²) in [5, 5.41) is 15.9. The van der Waals surface area contributed by atoms with Crippen molar-refractivity contribution in [1.82, 2.24) is 43.7 Å². The van der Waals surface area contributed by atoms with E-state index in [9.17, 15) is 28.8 Å². The Bertz CT molecular complexity index is 4520. The van der Waals surface area contributed by atoms with E-state index in [0.717, 1.165) is 33.4 Å². The van der Waals surface area contributed by atoms with Gasteiger partial charge in [0.1, 0.15) is 58.9 Å². The number of ether oxygens (including phenoxy) is 8. The van der Waals surface area contributed by atoms with Crippen molar-refractivity contribution < 1.29 is 61.7 Å². The first-order valence-electron chi connectivity index (χ1n) is 32.3. The molecule has 4 aromatic heterocycles. The molecule has 1 unspecified atom stereocenters. The fourth-order valence-corrected chi connectivity index (χ4v) is 12.7. The molecule has 26 nitrogen and oxygen atoms in total. The second-order valence-electron chi connectivity index (χ2n) is 24.6. The maximum absolute atomic E-state index is 13.2. The van der Waals surface area contributed by atoms with Gasteiger partial charge in [-0.15, -0.1) is 0 Å². The lowest BCUT2D eigenvalue weighted by molar-refractivity contribution is -0.119. The molecule has 0 radical (unpaired) electrons. The van der Waals surface area contributed by atoms with Crippen molar-refractivity contribution in [2.24, 2.45) is 11.8 Å². The normalized spacial score (nSPS) is 18.4. The lowest BCUT2D eigenvalue weighted by Crippen LogP contribution is -2.41. The van der Waals surface area contributed by atoms with Gasteiger partial charge in [0.2, 0.25) is 23.7 Å². The van der Waals surface area contributed by atoms with Crippen LogP contribution in [0.5, 0.6) is 23.0 Å². The number of rotatable bonds is 25. The summed E-state index contributed by atoms with van der Waals surface area (Å²) < 4.78 is 73.1. The van der Waals surface area contributed by atoms with Gasteiger partial charge in [-0.1, -0.05) is 137 Å². The van der Waals surface area contributed by atoms with Crippen LogP contribution in [-0.4, -0.2) is 141 Å². The molecule has 0 spiro atoms. The molecule has 10 aromatic rings. The SMILES string of the molecule is COc1ccc(C(O[C@H]2C[C@H](n3cnc4c(=O)[nH]c(NC(=O)C(C)C)nc43)O[C@@H]2CO)(c2ccccc2)c2ccc(OC)cc2)cc1.COc1ccc(C(O[C@H]2C[C@H](n3cnc4c(=O)[nH]c(NC(=O)C(C)C)nc43)O[C@@H]2COP(=O)(Cl)N(C)C)(c2ccccc2)c2ccc(OC)cc2)cc1. The number of aromatic amines is 2. The third-order valence-electron chi connectivity index (χ3n) is 17.4. The first kappa shape index (κ1) is 71.7.